The number of hydrogen-bond acceptors (Lipinski definition) is 8. The van der Waals surface area contributed by atoms with Crippen molar-refractivity contribution in [1.82, 2.24) is 19.5 Å². The van der Waals surface area contributed by atoms with E-state index in [1.807, 2.05) is 0 Å². The monoisotopic (exact) mass is 284 g/mol. The Morgan fingerprint density at radius 2 is 2.20 bits per heavy atom. The van der Waals surface area contributed by atoms with Gasteiger partial charge in [0.15, 0.2) is 29.6 Å². The number of aliphatic hydroxyl groups is 2. The van der Waals surface area contributed by atoms with Gasteiger partial charge in [0.2, 0.25) is 0 Å². The fourth-order valence-corrected chi connectivity index (χ4v) is 2.18. The van der Waals surface area contributed by atoms with Gasteiger partial charge in [-0.05, 0) is 0 Å². The molecule has 2 aromatic heterocycles. The number of rotatable bonds is 2. The number of aliphatic hydroxyl groups excluding tert-OH is 2. The average molecular weight is 284 g/mol. The van der Waals surface area contributed by atoms with E-state index in [4.69, 9.17) is 21.3 Å². The van der Waals surface area contributed by atoms with Crippen LogP contribution in [-0.2, 0) is 4.74 Å². The standard InChI is InChI=1S/C10H13FN6O3/c11-4-6(19)10(13,1-18)20-9(4)17-3-16-5-7(12)14-2-15-8(5)17/h2-4,6,9,18-19H,1,13H2,(H2,12,14,15). The molecule has 20 heavy (non-hydrogen) atoms. The summed E-state index contributed by atoms with van der Waals surface area (Å²) >= 11 is 0. The largest absolute Gasteiger partial charge is 0.392 e. The van der Waals surface area contributed by atoms with Gasteiger partial charge in [-0.3, -0.25) is 10.3 Å². The number of alkyl halides is 1. The lowest BCUT2D eigenvalue weighted by molar-refractivity contribution is -0.123. The first-order valence-electron chi connectivity index (χ1n) is 5.80. The highest BCUT2D eigenvalue weighted by Crippen LogP contribution is 2.37. The number of nitrogens with two attached hydrogens (primary N) is 2. The second kappa shape index (κ2) is 4.31. The zero-order valence-corrected chi connectivity index (χ0v) is 10.2. The molecule has 1 aliphatic heterocycles. The molecule has 9 nitrogen and oxygen atoms in total. The predicted molar refractivity (Wildman–Crippen MR) is 64.8 cm³/mol. The molecule has 0 amide bonds. The number of imidazole rings is 1. The molecular formula is C10H13FN6O3. The average Bonchev–Trinajstić information content (AvgIpc) is 2.96. The van der Waals surface area contributed by atoms with Crippen molar-refractivity contribution in [1.29, 1.82) is 0 Å². The Morgan fingerprint density at radius 3 is 2.85 bits per heavy atom. The first-order valence-corrected chi connectivity index (χ1v) is 5.80. The van der Waals surface area contributed by atoms with Crippen LogP contribution in [0.5, 0.6) is 0 Å². The minimum Gasteiger partial charge on any atom is -0.392 e. The van der Waals surface area contributed by atoms with Crippen molar-refractivity contribution in [2.75, 3.05) is 12.3 Å². The summed E-state index contributed by atoms with van der Waals surface area (Å²) < 4.78 is 20.7. The van der Waals surface area contributed by atoms with Crippen molar-refractivity contribution >= 4 is 17.0 Å². The number of anilines is 1. The summed E-state index contributed by atoms with van der Waals surface area (Å²) in [6.07, 6.45) is -2.31. The van der Waals surface area contributed by atoms with Gasteiger partial charge in [0.25, 0.3) is 0 Å². The van der Waals surface area contributed by atoms with E-state index in [1.54, 1.807) is 0 Å². The minimum absolute atomic E-state index is 0.142. The molecule has 0 spiro atoms. The molecule has 0 aliphatic carbocycles. The van der Waals surface area contributed by atoms with Crippen LogP contribution >= 0.6 is 0 Å². The Balaban J connectivity index is 2.06. The number of nitrogen functional groups attached to an aromatic ring is 1. The first-order chi connectivity index (χ1) is 9.48. The van der Waals surface area contributed by atoms with Gasteiger partial charge in [0.05, 0.1) is 12.9 Å². The Kier molecular flexibility index (Phi) is 2.83. The van der Waals surface area contributed by atoms with E-state index in [1.165, 1.54) is 17.2 Å². The topological polar surface area (TPSA) is 145 Å². The predicted octanol–water partition coefficient (Wildman–Crippen LogP) is -1.72. The minimum atomic E-state index is -1.88. The fourth-order valence-electron chi connectivity index (χ4n) is 2.18. The molecule has 3 heterocycles. The smallest absolute Gasteiger partial charge is 0.175 e. The highest BCUT2D eigenvalue weighted by Gasteiger charge is 2.54. The van der Waals surface area contributed by atoms with E-state index in [2.05, 4.69) is 15.0 Å². The number of ether oxygens (including phenoxy) is 1. The lowest BCUT2D eigenvalue weighted by atomic mass is 10.1. The molecule has 1 fully saturated rings. The van der Waals surface area contributed by atoms with Crippen LogP contribution in [0, 0.1) is 0 Å². The summed E-state index contributed by atoms with van der Waals surface area (Å²) in [6.45, 7) is -0.727. The lowest BCUT2D eigenvalue weighted by Gasteiger charge is -2.24. The van der Waals surface area contributed by atoms with Crippen LogP contribution in [0.2, 0.25) is 0 Å². The van der Waals surface area contributed by atoms with Crippen molar-refractivity contribution in [3.63, 3.8) is 0 Å². The van der Waals surface area contributed by atoms with Crippen LogP contribution in [-0.4, -0.2) is 54.3 Å². The van der Waals surface area contributed by atoms with Crippen LogP contribution in [0.3, 0.4) is 0 Å². The highest BCUT2D eigenvalue weighted by atomic mass is 19.1. The molecule has 0 saturated carbocycles. The number of aromatic nitrogens is 4. The molecule has 108 valence electrons. The summed E-state index contributed by atoms with van der Waals surface area (Å²) in [4.78, 5) is 11.7. The molecule has 6 N–H and O–H groups in total. The van der Waals surface area contributed by atoms with E-state index >= 15 is 0 Å². The number of fused-ring (bicyclic) bond motifs is 1. The zero-order chi connectivity index (χ0) is 14.5. The third kappa shape index (κ3) is 1.66. The third-order valence-electron chi connectivity index (χ3n) is 3.32. The van der Waals surface area contributed by atoms with Gasteiger partial charge in [-0.15, -0.1) is 0 Å². The SMILES string of the molecule is Nc1ncnc2c1ncn2C1OC(N)(CO)C(O)C1F. The van der Waals surface area contributed by atoms with Crippen LogP contribution in [0.4, 0.5) is 10.2 Å². The number of halogens is 1. The summed E-state index contributed by atoms with van der Waals surface area (Å²) in [5.41, 5.74) is 9.91. The van der Waals surface area contributed by atoms with Gasteiger partial charge in [-0.2, -0.15) is 0 Å². The second-order valence-electron chi connectivity index (χ2n) is 4.59. The Hall–Kier alpha value is -1.88. The van der Waals surface area contributed by atoms with Gasteiger partial charge >= 0.3 is 0 Å². The number of hydrogen-bond donors (Lipinski definition) is 4. The summed E-state index contributed by atoms with van der Waals surface area (Å²) in [5.74, 6) is 0.142. The molecule has 1 saturated heterocycles. The maximum Gasteiger partial charge on any atom is 0.175 e. The van der Waals surface area contributed by atoms with E-state index in [0.717, 1.165) is 0 Å². The lowest BCUT2D eigenvalue weighted by Crippen LogP contribution is -2.53. The second-order valence-corrected chi connectivity index (χ2v) is 4.59. The Bertz CT molecular complexity index is 651. The van der Waals surface area contributed by atoms with E-state index in [-0.39, 0.29) is 17.0 Å². The van der Waals surface area contributed by atoms with Gasteiger partial charge in [-0.25, -0.2) is 19.3 Å². The van der Waals surface area contributed by atoms with Gasteiger partial charge in [0.1, 0.15) is 17.9 Å². The summed E-state index contributed by atoms with van der Waals surface area (Å²) in [6, 6.07) is 0. The molecule has 0 aromatic carbocycles. The maximum absolute atomic E-state index is 14.2. The molecule has 4 atom stereocenters. The zero-order valence-electron chi connectivity index (χ0n) is 10.2. The van der Waals surface area contributed by atoms with E-state index < -0.39 is 30.8 Å². The summed E-state index contributed by atoms with van der Waals surface area (Å²) in [7, 11) is 0. The molecule has 4 unspecified atom stereocenters. The van der Waals surface area contributed by atoms with E-state index in [0.29, 0.717) is 0 Å². The van der Waals surface area contributed by atoms with Gasteiger partial charge in [0, 0.05) is 0 Å². The van der Waals surface area contributed by atoms with Crippen LogP contribution in [0.25, 0.3) is 11.2 Å². The van der Waals surface area contributed by atoms with Crippen molar-refractivity contribution in [2.45, 2.75) is 24.2 Å². The van der Waals surface area contributed by atoms with Crippen molar-refractivity contribution < 1.29 is 19.3 Å². The highest BCUT2D eigenvalue weighted by molar-refractivity contribution is 5.81. The van der Waals surface area contributed by atoms with Crippen molar-refractivity contribution in [3.05, 3.63) is 12.7 Å². The third-order valence-corrected chi connectivity index (χ3v) is 3.32. The quantitative estimate of drug-likeness (QED) is 0.509. The van der Waals surface area contributed by atoms with Crippen LogP contribution in [0.1, 0.15) is 6.23 Å². The first kappa shape index (κ1) is 13.1. The molecule has 3 rings (SSSR count). The van der Waals surface area contributed by atoms with E-state index in [9.17, 15) is 9.50 Å². The van der Waals surface area contributed by atoms with Crippen LogP contribution in [0.15, 0.2) is 12.7 Å². The molecule has 1 aliphatic rings. The fraction of sp³-hybridized carbons (Fsp3) is 0.500. The Labute approximate surface area is 112 Å². The molecule has 2 aromatic rings. The van der Waals surface area contributed by atoms with Gasteiger partial charge in [-0.1, -0.05) is 0 Å². The summed E-state index contributed by atoms with van der Waals surface area (Å²) in [5, 5.41) is 18.9. The molecular weight excluding hydrogens is 271 g/mol. The normalized spacial score (nSPS) is 33.9. The van der Waals surface area contributed by atoms with Crippen LogP contribution < -0.4 is 11.5 Å². The van der Waals surface area contributed by atoms with Crippen molar-refractivity contribution in [2.24, 2.45) is 5.73 Å². The number of nitrogens with zero attached hydrogens (tertiary/aromatic N) is 4. The maximum atomic E-state index is 14.2. The van der Waals surface area contributed by atoms with Gasteiger partial charge < -0.3 is 20.7 Å². The Morgan fingerprint density at radius 1 is 1.45 bits per heavy atom. The molecule has 0 radical (unpaired) electrons. The molecule has 10 heteroatoms. The van der Waals surface area contributed by atoms with Crippen molar-refractivity contribution in [3.8, 4) is 0 Å². The molecule has 0 bridgehead atoms.